The van der Waals surface area contributed by atoms with Crippen LogP contribution in [0.25, 0.3) is 5.69 Å². The predicted octanol–water partition coefficient (Wildman–Crippen LogP) is 4.09. The van der Waals surface area contributed by atoms with E-state index in [-0.39, 0.29) is 12.1 Å². The summed E-state index contributed by atoms with van der Waals surface area (Å²) in [6.07, 6.45) is 1.45. The van der Waals surface area contributed by atoms with E-state index in [1.54, 1.807) is 24.4 Å². The molecule has 1 aromatic heterocycles. The van der Waals surface area contributed by atoms with Crippen molar-refractivity contribution in [3.63, 3.8) is 0 Å². The summed E-state index contributed by atoms with van der Waals surface area (Å²) in [5.41, 5.74) is 6.55. The summed E-state index contributed by atoms with van der Waals surface area (Å²) in [5.74, 6) is 0.391. The van der Waals surface area contributed by atoms with Crippen LogP contribution < -0.4 is 10.2 Å². The number of ether oxygens (including phenoxy) is 1. The highest BCUT2D eigenvalue weighted by Crippen LogP contribution is 2.22. The number of nitro benzene ring substituents is 1. The second kappa shape index (κ2) is 9.71. The number of carbonyl (C=O) groups is 1. The van der Waals surface area contributed by atoms with Crippen LogP contribution in [0, 0.1) is 24.0 Å². The molecular weight excluding hydrogens is 396 g/mol. The van der Waals surface area contributed by atoms with Crippen molar-refractivity contribution in [2.75, 3.05) is 6.61 Å². The van der Waals surface area contributed by atoms with Gasteiger partial charge in [-0.05, 0) is 51.1 Å². The van der Waals surface area contributed by atoms with Crippen LogP contribution in [0.1, 0.15) is 29.4 Å². The third kappa shape index (κ3) is 5.16. The quantitative estimate of drug-likeness (QED) is 0.337. The normalized spacial score (nSPS) is 10.9. The minimum atomic E-state index is -0.498. The first-order valence-corrected chi connectivity index (χ1v) is 9.87. The van der Waals surface area contributed by atoms with E-state index < -0.39 is 10.8 Å². The van der Waals surface area contributed by atoms with E-state index in [1.807, 2.05) is 51.1 Å². The number of carbonyl (C=O) groups excluding carboxylic acids is 1. The van der Waals surface area contributed by atoms with Gasteiger partial charge in [0.15, 0.2) is 0 Å². The number of aryl methyl sites for hydroxylation is 1. The van der Waals surface area contributed by atoms with Gasteiger partial charge in [-0.25, -0.2) is 5.43 Å². The fraction of sp³-hybridized carbons (Fsp3) is 0.217. The summed E-state index contributed by atoms with van der Waals surface area (Å²) < 4.78 is 7.58. The van der Waals surface area contributed by atoms with Crippen molar-refractivity contribution >= 4 is 17.8 Å². The average Bonchev–Trinajstić information content (AvgIpc) is 3.02. The van der Waals surface area contributed by atoms with Crippen molar-refractivity contribution in [2.24, 2.45) is 5.10 Å². The lowest BCUT2D eigenvalue weighted by Crippen LogP contribution is -2.20. The Balaban J connectivity index is 1.70. The number of nitrogens with zero attached hydrogens (tertiary/aromatic N) is 3. The van der Waals surface area contributed by atoms with Gasteiger partial charge in [0.25, 0.3) is 5.69 Å². The topological polar surface area (TPSA) is 98.8 Å². The minimum Gasteiger partial charge on any atom is -0.494 e. The molecule has 0 bridgehead atoms. The molecule has 2 aromatic carbocycles. The van der Waals surface area contributed by atoms with Crippen LogP contribution in [0.5, 0.6) is 5.75 Å². The molecule has 0 aliphatic heterocycles. The molecule has 0 atom stereocenters. The third-order valence-corrected chi connectivity index (χ3v) is 4.81. The van der Waals surface area contributed by atoms with Gasteiger partial charge in [-0.3, -0.25) is 14.9 Å². The Morgan fingerprint density at radius 1 is 1.19 bits per heavy atom. The number of hydrogen-bond acceptors (Lipinski definition) is 5. The fourth-order valence-corrected chi connectivity index (χ4v) is 3.40. The Kier molecular flexibility index (Phi) is 6.81. The lowest BCUT2D eigenvalue weighted by molar-refractivity contribution is -0.385. The molecule has 31 heavy (non-hydrogen) atoms. The second-order valence-corrected chi connectivity index (χ2v) is 6.94. The summed E-state index contributed by atoms with van der Waals surface area (Å²) in [5, 5.41) is 15.1. The van der Waals surface area contributed by atoms with Gasteiger partial charge in [0, 0.05) is 34.3 Å². The van der Waals surface area contributed by atoms with Crippen LogP contribution in [0.4, 0.5) is 5.69 Å². The molecule has 0 aliphatic rings. The van der Waals surface area contributed by atoms with Gasteiger partial charge < -0.3 is 9.30 Å². The number of hydrogen-bond donors (Lipinski definition) is 1. The summed E-state index contributed by atoms with van der Waals surface area (Å²) in [4.78, 5) is 22.8. The number of rotatable bonds is 8. The maximum Gasteiger partial charge on any atom is 0.273 e. The molecule has 0 saturated carbocycles. The number of amides is 1. The highest BCUT2D eigenvalue weighted by molar-refractivity contribution is 5.85. The van der Waals surface area contributed by atoms with Gasteiger partial charge in [0.05, 0.1) is 24.2 Å². The second-order valence-electron chi connectivity index (χ2n) is 6.94. The lowest BCUT2D eigenvalue weighted by Gasteiger charge is -2.10. The zero-order valence-electron chi connectivity index (χ0n) is 17.7. The van der Waals surface area contributed by atoms with Gasteiger partial charge in [0.2, 0.25) is 5.91 Å². The van der Waals surface area contributed by atoms with Gasteiger partial charge in [-0.2, -0.15) is 5.10 Å². The number of para-hydroxylation sites is 1. The van der Waals surface area contributed by atoms with Crippen LogP contribution in [-0.2, 0) is 11.2 Å². The largest absolute Gasteiger partial charge is 0.494 e. The number of benzene rings is 2. The summed E-state index contributed by atoms with van der Waals surface area (Å²) in [6, 6.07) is 16.0. The molecule has 0 fully saturated rings. The van der Waals surface area contributed by atoms with E-state index in [0.717, 1.165) is 28.4 Å². The van der Waals surface area contributed by atoms with Crippen LogP contribution >= 0.6 is 0 Å². The van der Waals surface area contributed by atoms with Gasteiger partial charge in [-0.15, -0.1) is 0 Å². The summed E-state index contributed by atoms with van der Waals surface area (Å²) >= 11 is 0. The molecule has 160 valence electrons. The first-order valence-electron chi connectivity index (χ1n) is 9.87. The van der Waals surface area contributed by atoms with Crippen molar-refractivity contribution in [2.45, 2.75) is 27.2 Å². The number of nitrogens with one attached hydrogen (secondary N) is 1. The Morgan fingerprint density at radius 3 is 2.58 bits per heavy atom. The Hall–Kier alpha value is -3.94. The molecule has 0 radical (unpaired) electrons. The van der Waals surface area contributed by atoms with Crippen LogP contribution in [0.3, 0.4) is 0 Å². The first kappa shape index (κ1) is 21.8. The maximum atomic E-state index is 12.2. The molecule has 3 aromatic rings. The van der Waals surface area contributed by atoms with E-state index >= 15 is 0 Å². The van der Waals surface area contributed by atoms with Crippen LogP contribution in [0.15, 0.2) is 59.7 Å². The van der Waals surface area contributed by atoms with Crippen molar-refractivity contribution in [1.82, 2.24) is 9.99 Å². The maximum absolute atomic E-state index is 12.2. The Bertz CT molecular complexity index is 1120. The van der Waals surface area contributed by atoms with E-state index in [4.69, 9.17) is 4.74 Å². The number of aromatic nitrogens is 1. The van der Waals surface area contributed by atoms with Crippen LogP contribution in [0.2, 0.25) is 0 Å². The molecule has 8 nitrogen and oxygen atoms in total. The molecule has 1 amide bonds. The molecule has 1 N–H and O–H groups in total. The molecule has 1 heterocycles. The fourth-order valence-electron chi connectivity index (χ4n) is 3.40. The third-order valence-electron chi connectivity index (χ3n) is 4.81. The first-order chi connectivity index (χ1) is 14.9. The van der Waals surface area contributed by atoms with Crippen molar-refractivity contribution < 1.29 is 14.5 Å². The van der Waals surface area contributed by atoms with E-state index in [9.17, 15) is 14.9 Å². The smallest absolute Gasteiger partial charge is 0.273 e. The van der Waals surface area contributed by atoms with Crippen molar-refractivity contribution in [3.8, 4) is 11.4 Å². The van der Waals surface area contributed by atoms with Gasteiger partial charge in [-0.1, -0.05) is 18.2 Å². The zero-order valence-corrected chi connectivity index (χ0v) is 17.7. The summed E-state index contributed by atoms with van der Waals surface area (Å²) in [7, 11) is 0. The predicted molar refractivity (Wildman–Crippen MR) is 119 cm³/mol. The van der Waals surface area contributed by atoms with Crippen molar-refractivity contribution in [1.29, 1.82) is 0 Å². The van der Waals surface area contributed by atoms with Gasteiger partial charge >= 0.3 is 0 Å². The lowest BCUT2D eigenvalue weighted by atomic mass is 10.1. The van der Waals surface area contributed by atoms with E-state index in [1.165, 1.54) is 6.07 Å². The van der Waals surface area contributed by atoms with Gasteiger partial charge in [0.1, 0.15) is 5.75 Å². The minimum absolute atomic E-state index is 0.0828. The van der Waals surface area contributed by atoms with E-state index in [0.29, 0.717) is 12.2 Å². The molecule has 0 saturated heterocycles. The highest BCUT2D eigenvalue weighted by atomic mass is 16.6. The molecule has 0 aliphatic carbocycles. The monoisotopic (exact) mass is 420 g/mol. The number of hydrazone groups is 1. The molecule has 0 unspecified atom stereocenters. The van der Waals surface area contributed by atoms with E-state index in [2.05, 4.69) is 15.1 Å². The molecular formula is C23H24N4O4. The molecule has 0 spiro atoms. The highest BCUT2D eigenvalue weighted by Gasteiger charge is 2.15. The van der Waals surface area contributed by atoms with Crippen LogP contribution in [-0.4, -0.2) is 28.2 Å². The molecule has 8 heteroatoms. The standard InChI is InChI=1S/C23H24N4O4/c1-4-31-21-11-9-20(10-12-21)26-16(2)13-19(17(26)3)15-24-25-23(28)14-18-7-5-6-8-22(18)27(29)30/h5-13,15H,4,14H2,1-3H3,(H,25,28). The SMILES string of the molecule is CCOc1ccc(-n2c(C)cc(C=NNC(=O)Cc3ccccc3[N+](=O)[O-])c2C)cc1. The van der Waals surface area contributed by atoms with Crippen molar-refractivity contribution in [3.05, 3.63) is 87.2 Å². The summed E-state index contributed by atoms with van der Waals surface area (Å²) in [6.45, 7) is 6.53. The zero-order chi connectivity index (χ0) is 22.4. The Morgan fingerprint density at radius 2 is 1.90 bits per heavy atom. The Labute approximate surface area is 180 Å². The average molecular weight is 420 g/mol. The number of nitro groups is 1. The molecule has 3 rings (SSSR count).